The Balaban J connectivity index is 1.79. The first-order chi connectivity index (χ1) is 12.2. The lowest BCUT2D eigenvalue weighted by atomic mass is 10.0. The van der Waals surface area contributed by atoms with E-state index >= 15 is 0 Å². The molecule has 1 unspecified atom stereocenters. The summed E-state index contributed by atoms with van der Waals surface area (Å²) in [5, 5.41) is 13.2. The van der Waals surface area contributed by atoms with Crippen LogP contribution in [-0.4, -0.2) is 58.6 Å². The second-order valence-electron chi connectivity index (χ2n) is 5.88. The van der Waals surface area contributed by atoms with Crippen LogP contribution in [0.4, 0.5) is 4.79 Å². The number of carbonyl (C=O) groups excluding carboxylic acids is 2. The van der Waals surface area contributed by atoms with Gasteiger partial charge in [-0.05, 0) is 19.3 Å². The minimum absolute atomic E-state index is 0.154. The Kier molecular flexibility index (Phi) is 5.27. The van der Waals surface area contributed by atoms with Gasteiger partial charge in [0, 0.05) is 19.2 Å². The molecule has 8 heteroatoms. The third-order valence-electron chi connectivity index (χ3n) is 4.30. The average molecular weight is 343 g/mol. The molecule has 2 heterocycles. The molecule has 3 rings (SSSR count). The van der Waals surface area contributed by atoms with Crippen molar-refractivity contribution in [3.05, 3.63) is 36.0 Å². The van der Waals surface area contributed by atoms with Crippen molar-refractivity contribution >= 4 is 12.0 Å². The van der Waals surface area contributed by atoms with E-state index in [1.165, 1.54) is 7.05 Å². The van der Waals surface area contributed by atoms with E-state index in [0.717, 1.165) is 24.8 Å². The number of likely N-dealkylation sites (tertiary alicyclic amines) is 1. The zero-order chi connectivity index (χ0) is 17.6. The number of carbonyl (C=O) groups is 2. The topological polar surface area (TPSA) is 100 Å². The van der Waals surface area contributed by atoms with Gasteiger partial charge in [-0.2, -0.15) is 15.4 Å². The molecule has 0 aliphatic carbocycles. The smallest absolute Gasteiger partial charge is 0.406 e. The molecule has 1 saturated heterocycles. The Bertz CT molecular complexity index is 731. The molecule has 0 spiro atoms. The third-order valence-corrected chi connectivity index (χ3v) is 4.30. The molecule has 2 N–H and O–H groups in total. The number of rotatable bonds is 4. The van der Waals surface area contributed by atoms with Crippen molar-refractivity contribution in [3.8, 4) is 11.3 Å². The fraction of sp³-hybridized carbons (Fsp3) is 0.412. The minimum Gasteiger partial charge on any atom is -0.447 e. The molecular formula is C17H21N5O3. The van der Waals surface area contributed by atoms with Gasteiger partial charge in [0.1, 0.15) is 12.3 Å². The van der Waals surface area contributed by atoms with Gasteiger partial charge in [-0.1, -0.05) is 30.3 Å². The maximum atomic E-state index is 13.0. The molecular weight excluding hydrogens is 322 g/mol. The Morgan fingerprint density at radius 1 is 1.28 bits per heavy atom. The number of nitrogens with zero attached hydrogens (tertiary/aromatic N) is 3. The number of ether oxygens (including phenoxy) is 1. The van der Waals surface area contributed by atoms with Crippen molar-refractivity contribution in [1.29, 1.82) is 0 Å². The Morgan fingerprint density at radius 3 is 2.84 bits per heavy atom. The van der Waals surface area contributed by atoms with Crippen molar-refractivity contribution < 1.29 is 14.3 Å². The van der Waals surface area contributed by atoms with Crippen molar-refractivity contribution in [1.82, 2.24) is 25.6 Å². The number of amides is 2. The van der Waals surface area contributed by atoms with Gasteiger partial charge in [0.2, 0.25) is 0 Å². The van der Waals surface area contributed by atoms with E-state index in [0.29, 0.717) is 12.2 Å². The number of aromatic amines is 1. The van der Waals surface area contributed by atoms with Crippen LogP contribution in [0.5, 0.6) is 0 Å². The van der Waals surface area contributed by atoms with Gasteiger partial charge in [-0.15, -0.1) is 0 Å². The number of benzene rings is 1. The number of piperidine rings is 1. The van der Waals surface area contributed by atoms with Crippen LogP contribution in [0.15, 0.2) is 30.3 Å². The lowest BCUT2D eigenvalue weighted by Crippen LogP contribution is -2.47. The number of nitrogens with one attached hydrogen (secondary N) is 2. The second-order valence-corrected chi connectivity index (χ2v) is 5.88. The molecule has 1 aliphatic rings. The van der Waals surface area contributed by atoms with Gasteiger partial charge in [-0.3, -0.25) is 4.79 Å². The maximum Gasteiger partial charge on any atom is 0.406 e. The van der Waals surface area contributed by atoms with Crippen LogP contribution in [0.3, 0.4) is 0 Å². The third kappa shape index (κ3) is 3.78. The van der Waals surface area contributed by atoms with Crippen LogP contribution in [-0.2, 0) is 4.74 Å². The van der Waals surface area contributed by atoms with Crippen LogP contribution in [0.1, 0.15) is 29.8 Å². The first-order valence-corrected chi connectivity index (χ1v) is 8.32. The minimum atomic E-state index is -0.496. The van der Waals surface area contributed by atoms with Gasteiger partial charge in [0.05, 0.1) is 6.04 Å². The summed E-state index contributed by atoms with van der Waals surface area (Å²) >= 11 is 0. The van der Waals surface area contributed by atoms with Crippen molar-refractivity contribution in [2.75, 3.05) is 20.2 Å². The summed E-state index contributed by atoms with van der Waals surface area (Å²) in [6, 6.07) is 9.30. The predicted octanol–water partition coefficient (Wildman–Crippen LogP) is 1.82. The highest BCUT2D eigenvalue weighted by atomic mass is 16.5. The second kappa shape index (κ2) is 7.78. The molecule has 0 radical (unpaired) electrons. The number of hydrogen-bond donors (Lipinski definition) is 2. The number of H-pyrrole nitrogens is 1. The fourth-order valence-corrected chi connectivity index (χ4v) is 3.00. The summed E-state index contributed by atoms with van der Waals surface area (Å²) in [7, 11) is 1.51. The largest absolute Gasteiger partial charge is 0.447 e. The van der Waals surface area contributed by atoms with Crippen LogP contribution in [0.25, 0.3) is 11.3 Å². The molecule has 132 valence electrons. The molecule has 2 amide bonds. The molecule has 1 atom stereocenters. The normalized spacial score (nSPS) is 17.2. The Labute approximate surface area is 145 Å². The van der Waals surface area contributed by atoms with E-state index in [1.54, 1.807) is 4.90 Å². The highest BCUT2D eigenvalue weighted by molar-refractivity contribution is 5.98. The number of hydrogen-bond acceptors (Lipinski definition) is 5. The number of alkyl carbamates (subject to hydrolysis) is 1. The maximum absolute atomic E-state index is 13.0. The van der Waals surface area contributed by atoms with Crippen molar-refractivity contribution in [3.63, 3.8) is 0 Å². The lowest BCUT2D eigenvalue weighted by Gasteiger charge is -2.34. The van der Waals surface area contributed by atoms with Gasteiger partial charge in [0.15, 0.2) is 5.69 Å². The molecule has 0 saturated carbocycles. The first-order valence-electron chi connectivity index (χ1n) is 8.32. The molecule has 1 aliphatic heterocycles. The van der Waals surface area contributed by atoms with E-state index in [2.05, 4.69) is 20.7 Å². The van der Waals surface area contributed by atoms with Crippen LogP contribution in [0.2, 0.25) is 0 Å². The van der Waals surface area contributed by atoms with Gasteiger partial charge >= 0.3 is 6.09 Å². The van der Waals surface area contributed by atoms with Gasteiger partial charge in [-0.25, -0.2) is 4.79 Å². The predicted molar refractivity (Wildman–Crippen MR) is 90.9 cm³/mol. The van der Waals surface area contributed by atoms with Crippen LogP contribution >= 0.6 is 0 Å². The molecule has 25 heavy (non-hydrogen) atoms. The molecule has 2 aromatic rings. The summed E-state index contributed by atoms with van der Waals surface area (Å²) in [5.74, 6) is -0.196. The molecule has 8 nitrogen and oxygen atoms in total. The first kappa shape index (κ1) is 16.9. The quantitative estimate of drug-likeness (QED) is 0.882. The fourth-order valence-electron chi connectivity index (χ4n) is 3.00. The SMILES string of the molecule is CNC(=O)OCC1CCCCN1C(=O)c1n[nH]nc1-c1ccccc1. The van der Waals surface area contributed by atoms with E-state index < -0.39 is 6.09 Å². The van der Waals surface area contributed by atoms with E-state index in [1.807, 2.05) is 30.3 Å². The van der Waals surface area contributed by atoms with E-state index in [-0.39, 0.29) is 24.2 Å². The van der Waals surface area contributed by atoms with Gasteiger partial charge < -0.3 is 15.0 Å². The highest BCUT2D eigenvalue weighted by Gasteiger charge is 2.31. The zero-order valence-corrected chi connectivity index (χ0v) is 14.1. The van der Waals surface area contributed by atoms with Gasteiger partial charge in [0.25, 0.3) is 5.91 Å². The van der Waals surface area contributed by atoms with Crippen molar-refractivity contribution in [2.24, 2.45) is 0 Å². The van der Waals surface area contributed by atoms with E-state index in [9.17, 15) is 9.59 Å². The number of aromatic nitrogens is 3. The van der Waals surface area contributed by atoms with Crippen molar-refractivity contribution in [2.45, 2.75) is 25.3 Å². The molecule has 1 fully saturated rings. The van der Waals surface area contributed by atoms with Crippen LogP contribution < -0.4 is 5.32 Å². The summed E-state index contributed by atoms with van der Waals surface area (Å²) in [4.78, 5) is 26.1. The monoisotopic (exact) mass is 343 g/mol. The zero-order valence-electron chi connectivity index (χ0n) is 14.1. The summed E-state index contributed by atoms with van der Waals surface area (Å²) in [6.45, 7) is 0.783. The van der Waals surface area contributed by atoms with E-state index in [4.69, 9.17) is 4.74 Å². The summed E-state index contributed by atoms with van der Waals surface area (Å²) < 4.78 is 5.16. The summed E-state index contributed by atoms with van der Waals surface area (Å²) in [6.07, 6.45) is 2.21. The average Bonchev–Trinajstić information content (AvgIpc) is 3.16. The molecule has 1 aromatic heterocycles. The van der Waals surface area contributed by atoms with Crippen LogP contribution in [0, 0.1) is 0 Å². The Morgan fingerprint density at radius 2 is 2.08 bits per heavy atom. The Hall–Kier alpha value is -2.90. The highest BCUT2D eigenvalue weighted by Crippen LogP contribution is 2.24. The standard InChI is InChI=1S/C17H21N5O3/c1-18-17(24)25-11-13-9-5-6-10-22(13)16(23)15-14(19-21-20-15)12-7-3-2-4-8-12/h2-4,7-8,13H,5-6,9-11H2,1H3,(H,18,24)(H,19,20,21). The lowest BCUT2D eigenvalue weighted by molar-refractivity contribution is 0.0447. The summed E-state index contributed by atoms with van der Waals surface area (Å²) in [5.41, 5.74) is 1.65. The molecule has 1 aromatic carbocycles. The molecule has 0 bridgehead atoms.